The molecule has 0 amide bonds. The number of nitrogens with zero attached hydrogens (tertiary/aromatic N) is 2. The Bertz CT molecular complexity index is 670. The smallest absolute Gasteiger partial charge is 0.387 e. The molecule has 2 heterocycles. The van der Waals surface area contributed by atoms with Crippen LogP contribution in [0.25, 0.3) is 0 Å². The second kappa shape index (κ2) is 10.4. The minimum atomic E-state index is -2.88. The number of hydrogen-bond donors (Lipinski definition) is 1. The number of guanidine groups is 1. The summed E-state index contributed by atoms with van der Waals surface area (Å²) in [7, 11) is 1.77. The number of aliphatic imine (C=N–C) groups is 1. The third-order valence-electron chi connectivity index (χ3n) is 5.11. The van der Waals surface area contributed by atoms with Crippen LogP contribution in [0, 0.1) is 5.41 Å². The van der Waals surface area contributed by atoms with Gasteiger partial charge in [0.2, 0.25) is 0 Å². The topological polar surface area (TPSA) is 55.3 Å². The van der Waals surface area contributed by atoms with Gasteiger partial charge in [0.15, 0.2) is 17.5 Å². The summed E-state index contributed by atoms with van der Waals surface area (Å²) in [5.74, 6) is 1.20. The van der Waals surface area contributed by atoms with Crippen LogP contribution in [0.2, 0.25) is 0 Å². The van der Waals surface area contributed by atoms with Crippen LogP contribution in [0.4, 0.5) is 8.78 Å². The Hall–Kier alpha value is -1.36. The predicted octanol–water partition coefficient (Wildman–Crippen LogP) is 3.49. The van der Waals surface area contributed by atoms with Gasteiger partial charge in [-0.05, 0) is 37.5 Å². The molecule has 2 aliphatic rings. The largest absolute Gasteiger partial charge is 0.490 e. The number of alkyl halides is 2. The van der Waals surface area contributed by atoms with Gasteiger partial charge in [0.05, 0.1) is 13.2 Å². The first kappa shape index (κ1) is 22.9. The van der Waals surface area contributed by atoms with E-state index in [-0.39, 0.29) is 35.1 Å². The Labute approximate surface area is 181 Å². The number of halogens is 3. The van der Waals surface area contributed by atoms with Crippen LogP contribution in [-0.4, -0.2) is 57.4 Å². The van der Waals surface area contributed by atoms with E-state index in [2.05, 4.69) is 19.9 Å². The fraction of sp³-hybridized carbons (Fsp3) is 0.632. The van der Waals surface area contributed by atoms with Gasteiger partial charge in [0, 0.05) is 38.7 Å². The lowest BCUT2D eigenvalue weighted by molar-refractivity contribution is -0.0514. The maximum atomic E-state index is 12.5. The molecule has 6 nitrogen and oxygen atoms in total. The van der Waals surface area contributed by atoms with Crippen LogP contribution in [0.1, 0.15) is 25.3 Å². The number of likely N-dealkylation sites (tertiary alicyclic amines) is 1. The SMILES string of the molecule is CCOc1cc(CNC(=NC)N2CCC3(CCOC3)C2)ccc1OC(F)F.I. The summed E-state index contributed by atoms with van der Waals surface area (Å²) >= 11 is 0. The minimum Gasteiger partial charge on any atom is -0.490 e. The van der Waals surface area contributed by atoms with Crippen LogP contribution in [0.5, 0.6) is 11.5 Å². The van der Waals surface area contributed by atoms with Crippen molar-refractivity contribution in [1.29, 1.82) is 0 Å². The van der Waals surface area contributed by atoms with Gasteiger partial charge in [-0.15, -0.1) is 24.0 Å². The first-order valence-corrected chi connectivity index (χ1v) is 9.29. The van der Waals surface area contributed by atoms with E-state index in [0.29, 0.717) is 18.9 Å². The quantitative estimate of drug-likeness (QED) is 0.360. The molecule has 0 bridgehead atoms. The maximum absolute atomic E-state index is 12.5. The molecule has 1 aromatic carbocycles. The molecule has 2 aliphatic heterocycles. The summed E-state index contributed by atoms with van der Waals surface area (Å²) in [4.78, 5) is 6.65. The van der Waals surface area contributed by atoms with Gasteiger partial charge >= 0.3 is 6.61 Å². The lowest BCUT2D eigenvalue weighted by Crippen LogP contribution is -2.41. The lowest BCUT2D eigenvalue weighted by Gasteiger charge is -2.25. The molecule has 1 spiro atoms. The van der Waals surface area contributed by atoms with E-state index in [0.717, 1.165) is 50.7 Å². The molecule has 9 heteroatoms. The summed E-state index contributed by atoms with van der Waals surface area (Å²) in [5.41, 5.74) is 1.16. The zero-order chi connectivity index (χ0) is 19.3. The zero-order valence-corrected chi connectivity index (χ0v) is 18.6. The first-order chi connectivity index (χ1) is 13.0. The van der Waals surface area contributed by atoms with Crippen molar-refractivity contribution in [2.75, 3.05) is 40.0 Å². The van der Waals surface area contributed by atoms with Crippen molar-refractivity contribution in [3.63, 3.8) is 0 Å². The number of nitrogens with one attached hydrogen (secondary N) is 1. The Morgan fingerprint density at radius 3 is 2.82 bits per heavy atom. The molecule has 0 aromatic heterocycles. The highest BCUT2D eigenvalue weighted by atomic mass is 127. The zero-order valence-electron chi connectivity index (χ0n) is 16.2. The number of hydrogen-bond acceptors (Lipinski definition) is 4. The molecular formula is C19H28F2IN3O3. The molecule has 2 fully saturated rings. The van der Waals surface area contributed by atoms with Crippen molar-refractivity contribution in [1.82, 2.24) is 10.2 Å². The fourth-order valence-corrected chi connectivity index (χ4v) is 3.72. The summed E-state index contributed by atoms with van der Waals surface area (Å²) in [5, 5.41) is 3.35. The molecular weight excluding hydrogens is 483 g/mol. The second-order valence-electron chi connectivity index (χ2n) is 6.97. The van der Waals surface area contributed by atoms with Gasteiger partial charge in [0.1, 0.15) is 0 Å². The number of benzene rings is 1. The third kappa shape index (κ3) is 5.59. The average molecular weight is 511 g/mol. The van der Waals surface area contributed by atoms with Crippen molar-refractivity contribution in [3.8, 4) is 11.5 Å². The van der Waals surface area contributed by atoms with Crippen LogP contribution >= 0.6 is 24.0 Å². The lowest BCUT2D eigenvalue weighted by atomic mass is 9.87. The molecule has 1 aromatic rings. The highest BCUT2D eigenvalue weighted by Crippen LogP contribution is 2.38. The Balaban J connectivity index is 0.00000280. The van der Waals surface area contributed by atoms with Gasteiger partial charge in [0.25, 0.3) is 0 Å². The highest BCUT2D eigenvalue weighted by molar-refractivity contribution is 14.0. The highest BCUT2D eigenvalue weighted by Gasteiger charge is 2.42. The van der Waals surface area contributed by atoms with E-state index >= 15 is 0 Å². The van der Waals surface area contributed by atoms with Gasteiger partial charge in [-0.25, -0.2) is 0 Å². The average Bonchev–Trinajstić information content (AvgIpc) is 3.28. The second-order valence-corrected chi connectivity index (χ2v) is 6.97. The van der Waals surface area contributed by atoms with E-state index in [4.69, 9.17) is 9.47 Å². The van der Waals surface area contributed by atoms with Crippen molar-refractivity contribution >= 4 is 29.9 Å². The summed E-state index contributed by atoms with van der Waals surface area (Å²) in [6, 6.07) is 4.98. The van der Waals surface area contributed by atoms with Gasteiger partial charge < -0.3 is 24.4 Å². The predicted molar refractivity (Wildman–Crippen MR) is 114 cm³/mol. The Morgan fingerprint density at radius 1 is 1.36 bits per heavy atom. The van der Waals surface area contributed by atoms with Crippen LogP contribution in [-0.2, 0) is 11.3 Å². The molecule has 0 aliphatic carbocycles. The molecule has 2 saturated heterocycles. The van der Waals surface area contributed by atoms with Crippen LogP contribution < -0.4 is 14.8 Å². The monoisotopic (exact) mass is 511 g/mol. The van der Waals surface area contributed by atoms with E-state index in [1.54, 1.807) is 26.1 Å². The molecule has 3 rings (SSSR count). The van der Waals surface area contributed by atoms with E-state index in [1.807, 2.05) is 0 Å². The van der Waals surface area contributed by atoms with Gasteiger partial charge in [-0.2, -0.15) is 8.78 Å². The number of rotatable bonds is 6. The molecule has 1 atom stereocenters. The first-order valence-electron chi connectivity index (χ1n) is 9.29. The molecule has 158 valence electrons. The summed E-state index contributed by atoms with van der Waals surface area (Å²) in [6.07, 6.45) is 2.21. The van der Waals surface area contributed by atoms with E-state index in [9.17, 15) is 8.78 Å². The molecule has 0 radical (unpaired) electrons. The standard InChI is InChI=1S/C19H27F2N3O3.HI/c1-3-26-16-10-14(4-5-15(16)27-17(20)21)11-23-18(22-2)24-8-6-19(12-24)7-9-25-13-19;/h4-5,10,17H,3,6-9,11-13H2,1-2H3,(H,22,23);1H. The van der Waals surface area contributed by atoms with Crippen molar-refractivity contribution in [2.45, 2.75) is 32.9 Å². The number of ether oxygens (including phenoxy) is 3. The van der Waals surface area contributed by atoms with Crippen LogP contribution in [0.15, 0.2) is 23.2 Å². The molecule has 28 heavy (non-hydrogen) atoms. The fourth-order valence-electron chi connectivity index (χ4n) is 3.72. The van der Waals surface area contributed by atoms with Crippen LogP contribution in [0.3, 0.4) is 0 Å². The Morgan fingerprint density at radius 2 is 2.18 bits per heavy atom. The van der Waals surface area contributed by atoms with E-state index < -0.39 is 6.61 Å². The Kier molecular flexibility index (Phi) is 8.54. The van der Waals surface area contributed by atoms with Crippen molar-refractivity contribution in [2.24, 2.45) is 10.4 Å². The van der Waals surface area contributed by atoms with Crippen molar-refractivity contribution < 1.29 is 23.0 Å². The molecule has 0 saturated carbocycles. The summed E-state index contributed by atoms with van der Waals surface area (Å²) < 4.78 is 40.6. The summed E-state index contributed by atoms with van der Waals surface area (Å²) in [6.45, 7) is 3.37. The van der Waals surface area contributed by atoms with Gasteiger partial charge in [-0.3, -0.25) is 4.99 Å². The minimum absolute atomic E-state index is 0. The molecule has 1 unspecified atom stereocenters. The van der Waals surface area contributed by atoms with Crippen molar-refractivity contribution in [3.05, 3.63) is 23.8 Å². The third-order valence-corrected chi connectivity index (χ3v) is 5.11. The maximum Gasteiger partial charge on any atom is 0.387 e. The molecule has 1 N–H and O–H groups in total. The normalized spacial score (nSPS) is 21.9. The van der Waals surface area contributed by atoms with Gasteiger partial charge in [-0.1, -0.05) is 6.07 Å². The van der Waals surface area contributed by atoms with E-state index in [1.165, 1.54) is 6.07 Å².